The van der Waals surface area contributed by atoms with Crippen LogP contribution in [0.2, 0.25) is 0 Å². The van der Waals surface area contributed by atoms with Gasteiger partial charge in [0.2, 0.25) is 0 Å². The fourth-order valence-electron chi connectivity index (χ4n) is 1.80. The summed E-state index contributed by atoms with van der Waals surface area (Å²) in [6, 6.07) is 6.09. The molecule has 0 aliphatic rings. The number of nitro benzene ring substituents is 1. The van der Waals surface area contributed by atoms with Gasteiger partial charge in [0.25, 0.3) is 11.6 Å². The Morgan fingerprint density at radius 3 is 2.81 bits per heavy atom. The third-order valence-corrected chi connectivity index (χ3v) is 3.62. The van der Waals surface area contributed by atoms with Gasteiger partial charge in [-0.15, -0.1) is 0 Å². The van der Waals surface area contributed by atoms with Gasteiger partial charge < -0.3 is 10.7 Å². The molecule has 0 unspecified atom stereocenters. The third-order valence-electron chi connectivity index (χ3n) is 2.89. The fourth-order valence-corrected chi connectivity index (χ4v) is 2.51. The quantitative estimate of drug-likeness (QED) is 0.429. The van der Waals surface area contributed by atoms with E-state index in [1.54, 1.807) is 11.3 Å². The van der Waals surface area contributed by atoms with Crippen molar-refractivity contribution < 1.29 is 9.72 Å². The summed E-state index contributed by atoms with van der Waals surface area (Å²) >= 11 is 1.60. The number of hydrogen-bond donors (Lipinski definition) is 3. The average Bonchev–Trinajstić information content (AvgIpc) is 2.99. The predicted molar refractivity (Wildman–Crippen MR) is 81.3 cm³/mol. The number of anilines is 1. The average molecular weight is 306 g/mol. The lowest BCUT2D eigenvalue weighted by atomic mass is 10.1. The van der Waals surface area contributed by atoms with E-state index in [1.165, 1.54) is 18.2 Å². The Morgan fingerprint density at radius 1 is 1.38 bits per heavy atom. The number of carbonyl (C=O) groups excluding carboxylic acids is 1. The van der Waals surface area contributed by atoms with E-state index in [9.17, 15) is 14.9 Å². The van der Waals surface area contributed by atoms with E-state index in [0.717, 1.165) is 12.0 Å². The molecule has 2 aromatic rings. The Morgan fingerprint density at radius 2 is 2.19 bits per heavy atom. The van der Waals surface area contributed by atoms with Crippen LogP contribution < -0.4 is 16.6 Å². The number of carbonyl (C=O) groups is 1. The molecule has 0 saturated heterocycles. The zero-order valence-electron chi connectivity index (χ0n) is 11.0. The van der Waals surface area contributed by atoms with E-state index in [4.69, 9.17) is 5.84 Å². The minimum Gasteiger partial charge on any atom is -0.352 e. The summed E-state index contributed by atoms with van der Waals surface area (Å²) in [4.78, 5) is 22.3. The lowest BCUT2D eigenvalue weighted by Crippen LogP contribution is -2.25. The zero-order valence-corrected chi connectivity index (χ0v) is 11.9. The number of hydrazine groups is 1. The van der Waals surface area contributed by atoms with Crippen molar-refractivity contribution in [2.75, 3.05) is 12.0 Å². The first-order valence-corrected chi connectivity index (χ1v) is 7.10. The molecular weight excluding hydrogens is 292 g/mol. The number of benzene rings is 1. The van der Waals surface area contributed by atoms with Gasteiger partial charge in [0.15, 0.2) is 0 Å². The van der Waals surface area contributed by atoms with E-state index in [2.05, 4.69) is 10.7 Å². The van der Waals surface area contributed by atoms with Crippen LogP contribution in [-0.4, -0.2) is 17.4 Å². The number of hydrogen-bond acceptors (Lipinski definition) is 6. The van der Waals surface area contributed by atoms with E-state index in [1.807, 2.05) is 16.8 Å². The lowest BCUT2D eigenvalue weighted by molar-refractivity contribution is -0.384. The normalized spacial score (nSPS) is 10.1. The van der Waals surface area contributed by atoms with Crippen LogP contribution in [0.25, 0.3) is 0 Å². The van der Waals surface area contributed by atoms with Crippen molar-refractivity contribution in [1.82, 2.24) is 5.32 Å². The van der Waals surface area contributed by atoms with Crippen molar-refractivity contribution in [2.24, 2.45) is 5.84 Å². The van der Waals surface area contributed by atoms with Crippen LogP contribution >= 0.6 is 11.3 Å². The SMILES string of the molecule is NNc1ccc(C(=O)NCCc2ccsc2)cc1[N+](=O)[O-]. The number of rotatable bonds is 6. The highest BCUT2D eigenvalue weighted by atomic mass is 32.1. The summed E-state index contributed by atoms with van der Waals surface area (Å²) in [5.74, 6) is 4.84. The van der Waals surface area contributed by atoms with Crippen molar-refractivity contribution in [2.45, 2.75) is 6.42 Å². The summed E-state index contributed by atoms with van der Waals surface area (Å²) in [6.07, 6.45) is 0.722. The highest BCUT2D eigenvalue weighted by molar-refractivity contribution is 7.07. The summed E-state index contributed by atoms with van der Waals surface area (Å²) in [5.41, 5.74) is 3.54. The van der Waals surface area contributed by atoms with Gasteiger partial charge in [0.1, 0.15) is 5.69 Å². The maximum absolute atomic E-state index is 12.0. The van der Waals surface area contributed by atoms with Crippen molar-refractivity contribution in [3.63, 3.8) is 0 Å². The van der Waals surface area contributed by atoms with Gasteiger partial charge in [-0.05, 0) is 40.9 Å². The second-order valence-corrected chi connectivity index (χ2v) is 5.05. The van der Waals surface area contributed by atoms with Gasteiger partial charge in [0, 0.05) is 18.2 Å². The molecule has 0 radical (unpaired) electrons. The number of nitrogens with one attached hydrogen (secondary N) is 2. The Balaban J connectivity index is 2.01. The van der Waals surface area contributed by atoms with Gasteiger partial charge in [-0.3, -0.25) is 20.8 Å². The molecule has 0 bridgehead atoms. The molecule has 0 spiro atoms. The molecule has 0 fully saturated rings. The minimum atomic E-state index is -0.586. The van der Waals surface area contributed by atoms with Crippen LogP contribution in [0.15, 0.2) is 35.0 Å². The largest absolute Gasteiger partial charge is 0.352 e. The molecule has 1 amide bonds. The minimum absolute atomic E-state index is 0.162. The smallest absolute Gasteiger partial charge is 0.294 e. The molecule has 1 aromatic heterocycles. The number of nitro groups is 1. The third kappa shape index (κ3) is 3.77. The fraction of sp³-hybridized carbons (Fsp3) is 0.154. The van der Waals surface area contributed by atoms with Gasteiger partial charge in [-0.25, -0.2) is 0 Å². The second-order valence-electron chi connectivity index (χ2n) is 4.27. The molecule has 2 rings (SSSR count). The first kappa shape index (κ1) is 14.9. The topological polar surface area (TPSA) is 110 Å². The predicted octanol–water partition coefficient (Wildman–Crippen LogP) is 1.91. The molecule has 110 valence electrons. The highest BCUT2D eigenvalue weighted by Crippen LogP contribution is 2.24. The van der Waals surface area contributed by atoms with E-state index >= 15 is 0 Å². The second kappa shape index (κ2) is 6.82. The molecule has 1 aromatic carbocycles. The maximum Gasteiger partial charge on any atom is 0.294 e. The standard InChI is InChI=1S/C13H14N4O3S/c14-16-11-2-1-10(7-12(11)17(19)20)13(18)15-5-3-9-4-6-21-8-9/h1-2,4,6-8,16H,3,5,14H2,(H,15,18). The Kier molecular flexibility index (Phi) is 4.85. The van der Waals surface area contributed by atoms with Gasteiger partial charge >= 0.3 is 0 Å². The van der Waals surface area contributed by atoms with Crippen LogP contribution in [0.4, 0.5) is 11.4 Å². The molecule has 21 heavy (non-hydrogen) atoms. The molecule has 1 heterocycles. The maximum atomic E-state index is 12.0. The number of nitrogens with two attached hydrogens (primary N) is 1. The molecule has 4 N–H and O–H groups in total. The summed E-state index contributed by atoms with van der Waals surface area (Å²) in [6.45, 7) is 0.472. The van der Waals surface area contributed by atoms with Gasteiger partial charge in [-0.1, -0.05) is 0 Å². The van der Waals surface area contributed by atoms with Crippen molar-refractivity contribution >= 4 is 28.6 Å². The number of thiophene rings is 1. The van der Waals surface area contributed by atoms with Crippen LogP contribution in [0, 0.1) is 10.1 Å². The first-order valence-electron chi connectivity index (χ1n) is 6.16. The Hall–Kier alpha value is -2.45. The molecular formula is C13H14N4O3S. The van der Waals surface area contributed by atoms with Crippen molar-refractivity contribution in [3.05, 3.63) is 56.3 Å². The summed E-state index contributed by atoms with van der Waals surface area (Å²) in [7, 11) is 0. The van der Waals surface area contributed by atoms with E-state index < -0.39 is 4.92 Å². The molecule has 0 aliphatic carbocycles. The number of nitrogens with zero attached hydrogens (tertiary/aromatic N) is 1. The lowest BCUT2D eigenvalue weighted by Gasteiger charge is -2.06. The van der Waals surface area contributed by atoms with E-state index in [-0.39, 0.29) is 22.8 Å². The van der Waals surface area contributed by atoms with Crippen LogP contribution in [0.5, 0.6) is 0 Å². The van der Waals surface area contributed by atoms with Crippen LogP contribution in [0.1, 0.15) is 15.9 Å². The first-order chi connectivity index (χ1) is 10.1. The monoisotopic (exact) mass is 306 g/mol. The summed E-state index contributed by atoms with van der Waals surface area (Å²) < 4.78 is 0. The summed E-state index contributed by atoms with van der Waals surface area (Å²) in [5, 5.41) is 17.6. The van der Waals surface area contributed by atoms with Crippen molar-refractivity contribution in [3.8, 4) is 0 Å². The zero-order chi connectivity index (χ0) is 15.2. The molecule has 8 heteroatoms. The number of nitrogen functional groups attached to an aromatic ring is 1. The Labute approximate surface area is 124 Å². The van der Waals surface area contributed by atoms with Crippen LogP contribution in [0.3, 0.4) is 0 Å². The number of amides is 1. The Bertz CT molecular complexity index is 643. The molecule has 7 nitrogen and oxygen atoms in total. The molecule has 0 aliphatic heterocycles. The highest BCUT2D eigenvalue weighted by Gasteiger charge is 2.16. The van der Waals surface area contributed by atoms with Gasteiger partial charge in [-0.2, -0.15) is 11.3 Å². The van der Waals surface area contributed by atoms with E-state index in [0.29, 0.717) is 6.54 Å². The molecule has 0 saturated carbocycles. The van der Waals surface area contributed by atoms with Gasteiger partial charge in [0.05, 0.1) is 4.92 Å². The van der Waals surface area contributed by atoms with Crippen LogP contribution in [-0.2, 0) is 6.42 Å². The van der Waals surface area contributed by atoms with Crippen molar-refractivity contribution in [1.29, 1.82) is 0 Å². The molecule has 0 atom stereocenters.